The predicted octanol–water partition coefficient (Wildman–Crippen LogP) is 0.905. The molecule has 0 saturated heterocycles. The summed E-state index contributed by atoms with van der Waals surface area (Å²) in [6.07, 6.45) is 5.36. The molecule has 0 radical (unpaired) electrons. The highest BCUT2D eigenvalue weighted by molar-refractivity contribution is 4.94. The van der Waals surface area contributed by atoms with Crippen molar-refractivity contribution in [3.05, 3.63) is 24.9 Å². The molecule has 0 aliphatic carbocycles. The highest BCUT2D eigenvalue weighted by Crippen LogP contribution is 1.61. The fraction of sp³-hybridized carbons (Fsp3) is 0.200. The van der Waals surface area contributed by atoms with Crippen LogP contribution in [0, 0.1) is 0 Å². The smallest absolute Gasteiger partial charge is 0.00277 e. The van der Waals surface area contributed by atoms with Gasteiger partial charge in [0.1, 0.15) is 0 Å². The van der Waals surface area contributed by atoms with E-state index in [0.717, 1.165) is 0 Å². The third-order valence-electron chi connectivity index (χ3n) is 0.399. The van der Waals surface area contributed by atoms with Crippen molar-refractivity contribution in [2.45, 2.75) is 0 Å². The summed E-state index contributed by atoms with van der Waals surface area (Å²) in [4.78, 5) is 0. The van der Waals surface area contributed by atoms with Crippen LogP contribution in [0.1, 0.15) is 0 Å². The standard InChI is InChI=1S/C5H9N/c1-3-4-5-6-2/h3-6H,1H2,2H3/b5-4+. The van der Waals surface area contributed by atoms with Crippen molar-refractivity contribution in [2.75, 3.05) is 7.05 Å². The van der Waals surface area contributed by atoms with E-state index in [2.05, 4.69) is 11.9 Å². The molecule has 1 heteroatoms. The average molecular weight is 83.1 g/mol. The van der Waals surface area contributed by atoms with Gasteiger partial charge in [-0.3, -0.25) is 0 Å². The van der Waals surface area contributed by atoms with Crippen molar-refractivity contribution in [1.82, 2.24) is 5.32 Å². The minimum atomic E-state index is 1.72. The van der Waals surface area contributed by atoms with E-state index in [1.54, 1.807) is 6.08 Å². The lowest BCUT2D eigenvalue weighted by Crippen LogP contribution is -1.89. The molecule has 0 spiro atoms. The van der Waals surface area contributed by atoms with E-state index in [9.17, 15) is 0 Å². The van der Waals surface area contributed by atoms with E-state index in [-0.39, 0.29) is 0 Å². The Balaban J connectivity index is 2.94. The Kier molecular flexibility index (Phi) is 3.77. The monoisotopic (exact) mass is 83.1 g/mol. The van der Waals surface area contributed by atoms with Crippen LogP contribution in [0.15, 0.2) is 24.9 Å². The summed E-state index contributed by atoms with van der Waals surface area (Å²) in [5, 5.41) is 2.82. The summed E-state index contributed by atoms with van der Waals surface area (Å²) in [6.45, 7) is 3.47. The maximum atomic E-state index is 3.47. The van der Waals surface area contributed by atoms with Gasteiger partial charge in [-0.1, -0.05) is 12.7 Å². The molecular formula is C5H9N. The largest absolute Gasteiger partial charge is 0.394 e. The van der Waals surface area contributed by atoms with Crippen LogP contribution in [-0.4, -0.2) is 7.05 Å². The molecule has 0 atom stereocenters. The van der Waals surface area contributed by atoms with Crippen molar-refractivity contribution in [3.63, 3.8) is 0 Å². The summed E-state index contributed by atoms with van der Waals surface area (Å²) in [5.74, 6) is 0. The molecule has 0 aliphatic rings. The first-order chi connectivity index (χ1) is 2.91. The third-order valence-corrected chi connectivity index (χ3v) is 0.399. The number of rotatable bonds is 2. The minimum Gasteiger partial charge on any atom is -0.394 e. The molecule has 0 saturated carbocycles. The lowest BCUT2D eigenvalue weighted by molar-refractivity contribution is 1.10. The Hall–Kier alpha value is -0.720. The number of hydrogen-bond acceptors (Lipinski definition) is 1. The zero-order valence-electron chi connectivity index (χ0n) is 3.94. The van der Waals surface area contributed by atoms with E-state index in [4.69, 9.17) is 0 Å². The molecule has 6 heavy (non-hydrogen) atoms. The van der Waals surface area contributed by atoms with Crippen LogP contribution in [0.5, 0.6) is 0 Å². The predicted molar refractivity (Wildman–Crippen MR) is 28.4 cm³/mol. The van der Waals surface area contributed by atoms with Crippen molar-refractivity contribution in [1.29, 1.82) is 0 Å². The summed E-state index contributed by atoms with van der Waals surface area (Å²) in [7, 11) is 1.85. The van der Waals surface area contributed by atoms with Crippen LogP contribution in [0.2, 0.25) is 0 Å². The first-order valence-electron chi connectivity index (χ1n) is 1.86. The van der Waals surface area contributed by atoms with Gasteiger partial charge in [0.05, 0.1) is 0 Å². The Morgan fingerprint density at radius 1 is 1.67 bits per heavy atom. The van der Waals surface area contributed by atoms with E-state index >= 15 is 0 Å². The lowest BCUT2D eigenvalue weighted by atomic mass is 10.6. The van der Waals surface area contributed by atoms with Crippen molar-refractivity contribution in [2.24, 2.45) is 0 Å². The molecule has 0 unspecified atom stereocenters. The summed E-state index contributed by atoms with van der Waals surface area (Å²) < 4.78 is 0. The van der Waals surface area contributed by atoms with Gasteiger partial charge < -0.3 is 5.32 Å². The highest BCUT2D eigenvalue weighted by Gasteiger charge is 1.50. The van der Waals surface area contributed by atoms with Gasteiger partial charge in [-0.2, -0.15) is 0 Å². The van der Waals surface area contributed by atoms with E-state index in [0.29, 0.717) is 0 Å². The lowest BCUT2D eigenvalue weighted by Gasteiger charge is -1.76. The van der Waals surface area contributed by atoms with Gasteiger partial charge in [0.15, 0.2) is 0 Å². The first kappa shape index (κ1) is 5.28. The van der Waals surface area contributed by atoms with Crippen LogP contribution in [0.4, 0.5) is 0 Å². The van der Waals surface area contributed by atoms with Crippen LogP contribution in [0.25, 0.3) is 0 Å². The van der Waals surface area contributed by atoms with Crippen LogP contribution in [-0.2, 0) is 0 Å². The number of allylic oxidation sites excluding steroid dienone is 2. The van der Waals surface area contributed by atoms with Gasteiger partial charge in [-0.05, 0) is 12.3 Å². The third kappa shape index (κ3) is 3.28. The summed E-state index contributed by atoms with van der Waals surface area (Å²) in [5.41, 5.74) is 0. The van der Waals surface area contributed by atoms with Crippen molar-refractivity contribution >= 4 is 0 Å². The Morgan fingerprint density at radius 2 is 2.33 bits per heavy atom. The van der Waals surface area contributed by atoms with Gasteiger partial charge in [-0.15, -0.1) is 0 Å². The van der Waals surface area contributed by atoms with Crippen LogP contribution >= 0.6 is 0 Å². The molecular weight excluding hydrogens is 74.1 g/mol. The zero-order valence-corrected chi connectivity index (χ0v) is 3.94. The molecule has 1 nitrogen and oxygen atoms in total. The fourth-order valence-corrected chi connectivity index (χ4v) is 0.164. The summed E-state index contributed by atoms with van der Waals surface area (Å²) >= 11 is 0. The molecule has 0 aromatic rings. The molecule has 0 rings (SSSR count). The maximum Gasteiger partial charge on any atom is 0.00277 e. The zero-order chi connectivity index (χ0) is 4.83. The Labute approximate surface area is 38.4 Å². The van der Waals surface area contributed by atoms with E-state index in [1.807, 2.05) is 19.3 Å². The molecule has 0 fully saturated rings. The van der Waals surface area contributed by atoms with E-state index in [1.165, 1.54) is 0 Å². The molecule has 0 aromatic carbocycles. The van der Waals surface area contributed by atoms with Crippen LogP contribution < -0.4 is 5.32 Å². The Morgan fingerprint density at radius 3 is 2.50 bits per heavy atom. The molecule has 0 aromatic heterocycles. The molecule has 0 heterocycles. The summed E-state index contributed by atoms with van der Waals surface area (Å²) in [6, 6.07) is 0. The quantitative estimate of drug-likeness (QED) is 0.489. The second kappa shape index (κ2) is 4.28. The topological polar surface area (TPSA) is 12.0 Å². The average Bonchev–Trinajstić information content (AvgIpc) is 1.61. The minimum absolute atomic E-state index is 1.72. The number of nitrogens with one attached hydrogen (secondary N) is 1. The molecule has 1 N–H and O–H groups in total. The van der Waals surface area contributed by atoms with Crippen molar-refractivity contribution in [3.8, 4) is 0 Å². The van der Waals surface area contributed by atoms with Gasteiger partial charge in [0, 0.05) is 7.05 Å². The van der Waals surface area contributed by atoms with Gasteiger partial charge in [-0.25, -0.2) is 0 Å². The molecule has 0 aliphatic heterocycles. The molecule has 0 amide bonds. The Bertz CT molecular complexity index is 55.0. The highest BCUT2D eigenvalue weighted by atomic mass is 14.8. The first-order valence-corrected chi connectivity index (χ1v) is 1.86. The normalized spacial score (nSPS) is 8.83. The molecule has 0 bridgehead atoms. The molecule has 34 valence electrons. The number of hydrogen-bond donors (Lipinski definition) is 1. The van der Waals surface area contributed by atoms with Gasteiger partial charge in [0.2, 0.25) is 0 Å². The second-order valence-corrected chi connectivity index (χ2v) is 0.883. The maximum absolute atomic E-state index is 3.47. The van der Waals surface area contributed by atoms with Crippen molar-refractivity contribution < 1.29 is 0 Å². The SMILES string of the molecule is C=C/C=C/NC. The van der Waals surface area contributed by atoms with Gasteiger partial charge >= 0.3 is 0 Å². The van der Waals surface area contributed by atoms with Crippen LogP contribution in [0.3, 0.4) is 0 Å². The second-order valence-electron chi connectivity index (χ2n) is 0.883. The fourth-order valence-electron chi connectivity index (χ4n) is 0.164. The van der Waals surface area contributed by atoms with Gasteiger partial charge in [0.25, 0.3) is 0 Å². The van der Waals surface area contributed by atoms with E-state index < -0.39 is 0 Å².